The highest BCUT2D eigenvalue weighted by atomic mass is 32.1. The third-order valence-electron chi connectivity index (χ3n) is 5.75. The summed E-state index contributed by atoms with van der Waals surface area (Å²) < 4.78 is 0. The number of thiazole rings is 1. The molecule has 1 aliphatic carbocycles. The van der Waals surface area contributed by atoms with Crippen molar-refractivity contribution < 1.29 is 4.79 Å². The average molecular weight is 375 g/mol. The van der Waals surface area contributed by atoms with Crippen molar-refractivity contribution in [1.29, 1.82) is 0 Å². The lowest BCUT2D eigenvalue weighted by atomic mass is 9.89. The van der Waals surface area contributed by atoms with Gasteiger partial charge < -0.3 is 4.90 Å². The third kappa shape index (κ3) is 2.88. The molecule has 1 amide bonds. The summed E-state index contributed by atoms with van der Waals surface area (Å²) in [6.45, 7) is 2.16. The second-order valence-electron chi connectivity index (χ2n) is 7.58. The van der Waals surface area contributed by atoms with Gasteiger partial charge in [0.25, 0.3) is 0 Å². The number of nitrogens with zero attached hydrogens (tertiary/aromatic N) is 2. The first-order chi connectivity index (χ1) is 13.2. The molecule has 0 saturated carbocycles. The fourth-order valence-electron chi connectivity index (χ4n) is 4.39. The summed E-state index contributed by atoms with van der Waals surface area (Å²) in [5.74, 6) is 0.350. The van der Waals surface area contributed by atoms with Crippen LogP contribution in [0.2, 0.25) is 0 Å². The van der Waals surface area contributed by atoms with Crippen LogP contribution >= 0.6 is 11.3 Å². The van der Waals surface area contributed by atoms with Crippen LogP contribution in [0.15, 0.2) is 54.6 Å². The number of hydrogen-bond donors (Lipinski definition) is 0. The number of anilines is 1. The predicted molar refractivity (Wildman–Crippen MR) is 110 cm³/mol. The molecule has 3 aromatic rings. The fourth-order valence-corrected chi connectivity index (χ4v) is 5.58. The van der Waals surface area contributed by atoms with Gasteiger partial charge in [-0.3, -0.25) is 4.79 Å². The number of hydrogen-bond acceptors (Lipinski definition) is 3. The highest BCUT2D eigenvalue weighted by Gasteiger charge is 2.36. The molecule has 0 saturated heterocycles. The van der Waals surface area contributed by atoms with E-state index in [2.05, 4.69) is 37.3 Å². The molecular formula is C23H22N2OS. The van der Waals surface area contributed by atoms with Crippen LogP contribution in [-0.2, 0) is 24.1 Å². The van der Waals surface area contributed by atoms with E-state index in [1.54, 1.807) is 11.3 Å². The molecule has 0 radical (unpaired) electrons. The SMILES string of the molecule is CC1Cc2ccccc2N1C(=O)C1CCc2nc(-c3ccccc3)sc2C1. The molecule has 136 valence electrons. The van der Waals surface area contributed by atoms with Crippen LogP contribution in [0.3, 0.4) is 0 Å². The molecule has 5 rings (SSSR count). The van der Waals surface area contributed by atoms with Gasteiger partial charge in [0.1, 0.15) is 5.01 Å². The fraction of sp³-hybridized carbons (Fsp3) is 0.304. The molecule has 0 bridgehead atoms. The van der Waals surface area contributed by atoms with Crippen LogP contribution < -0.4 is 4.90 Å². The number of aromatic nitrogens is 1. The predicted octanol–water partition coefficient (Wildman–Crippen LogP) is 4.89. The summed E-state index contributed by atoms with van der Waals surface area (Å²) in [4.78, 5) is 21.6. The van der Waals surface area contributed by atoms with Gasteiger partial charge >= 0.3 is 0 Å². The summed E-state index contributed by atoms with van der Waals surface area (Å²) >= 11 is 1.76. The molecule has 2 aromatic carbocycles. The number of benzene rings is 2. The van der Waals surface area contributed by atoms with Gasteiger partial charge in [0.2, 0.25) is 5.91 Å². The van der Waals surface area contributed by atoms with Crippen molar-refractivity contribution in [2.45, 2.75) is 38.6 Å². The highest BCUT2D eigenvalue weighted by Crippen LogP contribution is 2.38. The van der Waals surface area contributed by atoms with Crippen LogP contribution in [0, 0.1) is 5.92 Å². The van der Waals surface area contributed by atoms with Crippen LogP contribution in [0.5, 0.6) is 0 Å². The minimum Gasteiger partial charge on any atom is -0.309 e. The molecule has 1 aliphatic heterocycles. The molecule has 0 fully saturated rings. The van der Waals surface area contributed by atoms with E-state index in [-0.39, 0.29) is 17.9 Å². The first kappa shape index (κ1) is 16.7. The van der Waals surface area contributed by atoms with Gasteiger partial charge in [0, 0.05) is 28.1 Å². The summed E-state index contributed by atoms with van der Waals surface area (Å²) in [5.41, 5.74) is 4.76. The molecular weight excluding hydrogens is 352 g/mol. The maximum absolute atomic E-state index is 13.4. The van der Waals surface area contributed by atoms with Crippen molar-refractivity contribution in [1.82, 2.24) is 4.98 Å². The van der Waals surface area contributed by atoms with Gasteiger partial charge in [-0.2, -0.15) is 0 Å². The Hall–Kier alpha value is -2.46. The van der Waals surface area contributed by atoms with Crippen LogP contribution in [0.25, 0.3) is 10.6 Å². The summed E-state index contributed by atoms with van der Waals surface area (Å²) in [6.07, 6.45) is 3.58. The molecule has 2 atom stereocenters. The van der Waals surface area contributed by atoms with E-state index in [9.17, 15) is 4.79 Å². The summed E-state index contributed by atoms with van der Waals surface area (Å²) in [5, 5.41) is 1.08. The Bertz CT molecular complexity index is 995. The molecule has 1 aromatic heterocycles. The molecule has 27 heavy (non-hydrogen) atoms. The van der Waals surface area contributed by atoms with E-state index in [0.29, 0.717) is 0 Å². The van der Waals surface area contributed by atoms with Gasteiger partial charge in [-0.05, 0) is 44.2 Å². The molecule has 2 heterocycles. The average Bonchev–Trinajstić information content (AvgIpc) is 3.27. The maximum atomic E-state index is 13.4. The van der Waals surface area contributed by atoms with Gasteiger partial charge in [-0.25, -0.2) is 4.98 Å². The summed E-state index contributed by atoms with van der Waals surface area (Å²) in [7, 11) is 0. The minimum absolute atomic E-state index is 0.0650. The molecule has 3 nitrogen and oxygen atoms in total. The number of carbonyl (C=O) groups is 1. The molecule has 0 N–H and O–H groups in total. The van der Waals surface area contributed by atoms with Crippen LogP contribution in [0.1, 0.15) is 29.5 Å². The van der Waals surface area contributed by atoms with Crippen LogP contribution in [-0.4, -0.2) is 16.9 Å². The second kappa shape index (κ2) is 6.61. The zero-order chi connectivity index (χ0) is 18.4. The van der Waals surface area contributed by atoms with Crippen molar-refractivity contribution in [3.8, 4) is 10.6 Å². The lowest BCUT2D eigenvalue weighted by molar-refractivity contribution is -0.123. The maximum Gasteiger partial charge on any atom is 0.230 e. The van der Waals surface area contributed by atoms with E-state index >= 15 is 0 Å². The summed E-state index contributed by atoms with van der Waals surface area (Å²) in [6, 6.07) is 18.9. The Kier molecular flexibility index (Phi) is 4.09. The molecule has 2 unspecified atom stereocenters. The van der Waals surface area contributed by atoms with Crippen molar-refractivity contribution >= 4 is 22.9 Å². The Morgan fingerprint density at radius 1 is 1.07 bits per heavy atom. The number of para-hydroxylation sites is 1. The number of rotatable bonds is 2. The Morgan fingerprint density at radius 2 is 1.85 bits per heavy atom. The number of fused-ring (bicyclic) bond motifs is 2. The Morgan fingerprint density at radius 3 is 2.70 bits per heavy atom. The van der Waals surface area contributed by atoms with Gasteiger partial charge in [-0.15, -0.1) is 11.3 Å². The third-order valence-corrected chi connectivity index (χ3v) is 6.92. The van der Waals surface area contributed by atoms with Crippen molar-refractivity contribution in [2.75, 3.05) is 4.90 Å². The second-order valence-corrected chi connectivity index (χ2v) is 8.67. The largest absolute Gasteiger partial charge is 0.309 e. The molecule has 4 heteroatoms. The van der Waals surface area contributed by atoms with E-state index in [4.69, 9.17) is 4.98 Å². The zero-order valence-corrected chi connectivity index (χ0v) is 16.2. The van der Waals surface area contributed by atoms with Crippen LogP contribution in [0.4, 0.5) is 5.69 Å². The van der Waals surface area contributed by atoms with Crippen molar-refractivity contribution in [2.24, 2.45) is 5.92 Å². The quantitative estimate of drug-likeness (QED) is 0.640. The number of carbonyl (C=O) groups excluding carboxylic acids is 1. The normalized spacial score (nSPS) is 21.0. The lowest BCUT2D eigenvalue weighted by Gasteiger charge is -2.29. The van der Waals surface area contributed by atoms with Crippen molar-refractivity contribution in [3.63, 3.8) is 0 Å². The number of aryl methyl sites for hydroxylation is 1. The number of amides is 1. The van der Waals surface area contributed by atoms with Gasteiger partial charge in [0.15, 0.2) is 0 Å². The molecule has 0 spiro atoms. The standard InChI is InChI=1S/C23H22N2OS/c1-15-13-17-9-5-6-10-20(17)25(15)23(26)18-11-12-19-21(14-18)27-22(24-19)16-7-3-2-4-8-16/h2-10,15,18H,11-14H2,1H3. The Balaban J connectivity index is 1.40. The minimum atomic E-state index is 0.0650. The lowest BCUT2D eigenvalue weighted by Crippen LogP contribution is -2.41. The van der Waals surface area contributed by atoms with Gasteiger partial charge in [0.05, 0.1) is 5.69 Å². The van der Waals surface area contributed by atoms with E-state index in [0.717, 1.165) is 36.4 Å². The highest BCUT2D eigenvalue weighted by molar-refractivity contribution is 7.15. The molecule has 2 aliphatic rings. The van der Waals surface area contributed by atoms with Gasteiger partial charge in [-0.1, -0.05) is 48.5 Å². The van der Waals surface area contributed by atoms with E-state index in [1.165, 1.54) is 21.7 Å². The van der Waals surface area contributed by atoms with Crippen molar-refractivity contribution in [3.05, 3.63) is 70.7 Å². The topological polar surface area (TPSA) is 33.2 Å². The first-order valence-electron chi connectivity index (χ1n) is 9.65. The zero-order valence-electron chi connectivity index (χ0n) is 15.4. The van der Waals surface area contributed by atoms with E-state index < -0.39 is 0 Å². The Labute approximate surface area is 163 Å². The van der Waals surface area contributed by atoms with E-state index in [1.807, 2.05) is 29.2 Å². The smallest absolute Gasteiger partial charge is 0.230 e. The monoisotopic (exact) mass is 374 g/mol. The first-order valence-corrected chi connectivity index (χ1v) is 10.5.